The van der Waals surface area contributed by atoms with Crippen molar-refractivity contribution in [3.05, 3.63) is 35.1 Å². The molecule has 0 radical (unpaired) electrons. The van der Waals surface area contributed by atoms with E-state index in [0.717, 1.165) is 6.54 Å². The third-order valence-electron chi connectivity index (χ3n) is 2.88. The average molecular weight is 361 g/mol. The van der Waals surface area contributed by atoms with Gasteiger partial charge in [0.15, 0.2) is 0 Å². The van der Waals surface area contributed by atoms with Crippen molar-refractivity contribution in [3.8, 4) is 5.69 Å². The number of benzene rings is 1. The first-order valence-corrected chi connectivity index (χ1v) is 7.11. The SMILES string of the molecule is COCCNCCNC(=O)c1ccc(-n2cnnn2)cc1Cl.Cl. The maximum atomic E-state index is 12.1. The lowest BCUT2D eigenvalue weighted by Crippen LogP contribution is -2.33. The quantitative estimate of drug-likeness (QED) is 0.673. The van der Waals surface area contributed by atoms with Crippen molar-refractivity contribution in [1.29, 1.82) is 0 Å². The van der Waals surface area contributed by atoms with E-state index in [4.69, 9.17) is 16.3 Å². The molecule has 126 valence electrons. The second-order valence-electron chi connectivity index (χ2n) is 4.42. The summed E-state index contributed by atoms with van der Waals surface area (Å²) in [6.07, 6.45) is 1.46. The van der Waals surface area contributed by atoms with Crippen molar-refractivity contribution in [2.24, 2.45) is 0 Å². The van der Waals surface area contributed by atoms with Crippen LogP contribution in [-0.4, -0.2) is 59.5 Å². The number of amides is 1. The highest BCUT2D eigenvalue weighted by atomic mass is 35.5. The summed E-state index contributed by atoms with van der Waals surface area (Å²) in [6, 6.07) is 5.02. The maximum absolute atomic E-state index is 12.1. The first kappa shape index (κ1) is 19.3. The summed E-state index contributed by atoms with van der Waals surface area (Å²) in [7, 11) is 1.64. The van der Waals surface area contributed by atoms with Crippen LogP contribution in [0.5, 0.6) is 0 Å². The van der Waals surface area contributed by atoms with Crippen LogP contribution in [-0.2, 0) is 4.74 Å². The number of hydrogen-bond donors (Lipinski definition) is 2. The lowest BCUT2D eigenvalue weighted by molar-refractivity contribution is 0.0954. The van der Waals surface area contributed by atoms with E-state index in [0.29, 0.717) is 36.0 Å². The van der Waals surface area contributed by atoms with Gasteiger partial charge in [0.1, 0.15) is 6.33 Å². The van der Waals surface area contributed by atoms with Crippen LogP contribution in [0, 0.1) is 0 Å². The molecule has 0 spiro atoms. The number of methoxy groups -OCH3 is 1. The summed E-state index contributed by atoms with van der Waals surface area (Å²) in [5.41, 5.74) is 1.10. The molecule has 1 amide bonds. The predicted molar refractivity (Wildman–Crippen MR) is 88.5 cm³/mol. The molecule has 1 aromatic heterocycles. The van der Waals surface area contributed by atoms with Crippen molar-refractivity contribution >= 4 is 29.9 Å². The number of halogens is 2. The molecule has 2 rings (SSSR count). The zero-order valence-electron chi connectivity index (χ0n) is 12.5. The van der Waals surface area contributed by atoms with Crippen LogP contribution in [0.1, 0.15) is 10.4 Å². The average Bonchev–Trinajstić information content (AvgIpc) is 3.04. The summed E-state index contributed by atoms with van der Waals surface area (Å²) in [6.45, 7) is 2.55. The van der Waals surface area contributed by atoms with Crippen LogP contribution in [0.3, 0.4) is 0 Å². The van der Waals surface area contributed by atoms with Crippen LogP contribution in [0.4, 0.5) is 0 Å². The molecule has 0 fully saturated rings. The Morgan fingerprint density at radius 2 is 2.17 bits per heavy atom. The van der Waals surface area contributed by atoms with Crippen LogP contribution >= 0.6 is 24.0 Å². The summed E-state index contributed by atoms with van der Waals surface area (Å²) < 4.78 is 6.38. The molecule has 23 heavy (non-hydrogen) atoms. The number of nitrogens with zero attached hydrogens (tertiary/aromatic N) is 4. The topological polar surface area (TPSA) is 94.0 Å². The van der Waals surface area contributed by atoms with Crippen molar-refractivity contribution in [2.45, 2.75) is 0 Å². The van der Waals surface area contributed by atoms with Gasteiger partial charge in [-0.3, -0.25) is 4.79 Å². The summed E-state index contributed by atoms with van der Waals surface area (Å²) >= 11 is 6.15. The molecular weight excluding hydrogens is 343 g/mol. The number of rotatable bonds is 8. The molecule has 10 heteroatoms. The van der Waals surface area contributed by atoms with Crippen molar-refractivity contribution in [2.75, 3.05) is 33.4 Å². The third-order valence-corrected chi connectivity index (χ3v) is 3.19. The molecule has 0 aliphatic rings. The Kier molecular flexibility index (Phi) is 8.49. The van der Waals surface area contributed by atoms with Gasteiger partial charge in [-0.25, -0.2) is 4.68 Å². The van der Waals surface area contributed by atoms with Gasteiger partial charge in [0.25, 0.3) is 5.91 Å². The number of carbonyl (C=O) groups excluding carboxylic acids is 1. The van der Waals surface area contributed by atoms with E-state index < -0.39 is 0 Å². The lowest BCUT2D eigenvalue weighted by atomic mass is 10.2. The van der Waals surface area contributed by atoms with E-state index in [9.17, 15) is 4.79 Å². The van der Waals surface area contributed by atoms with Crippen LogP contribution in [0.25, 0.3) is 5.69 Å². The summed E-state index contributed by atoms with van der Waals surface area (Å²) in [4.78, 5) is 12.1. The monoisotopic (exact) mass is 360 g/mol. The van der Waals surface area contributed by atoms with Gasteiger partial charge in [-0.2, -0.15) is 0 Å². The van der Waals surface area contributed by atoms with Gasteiger partial charge in [0.2, 0.25) is 0 Å². The Morgan fingerprint density at radius 1 is 1.35 bits per heavy atom. The van der Waals surface area contributed by atoms with Crippen LogP contribution in [0.15, 0.2) is 24.5 Å². The number of tetrazole rings is 1. The third kappa shape index (κ3) is 5.76. The first-order valence-electron chi connectivity index (χ1n) is 6.73. The van der Waals surface area contributed by atoms with E-state index in [1.54, 1.807) is 25.3 Å². The highest BCUT2D eigenvalue weighted by molar-refractivity contribution is 6.34. The number of ether oxygens (including phenoxy) is 1. The number of hydrogen-bond acceptors (Lipinski definition) is 6. The van der Waals surface area contributed by atoms with Gasteiger partial charge in [-0.05, 0) is 28.6 Å². The minimum atomic E-state index is -0.221. The Balaban J connectivity index is 0.00000264. The van der Waals surface area contributed by atoms with Crippen molar-refractivity contribution in [3.63, 3.8) is 0 Å². The molecule has 2 N–H and O–H groups in total. The highest BCUT2D eigenvalue weighted by Gasteiger charge is 2.11. The zero-order valence-corrected chi connectivity index (χ0v) is 14.1. The molecular formula is C13H18Cl2N6O2. The fourth-order valence-corrected chi connectivity index (χ4v) is 2.03. The van der Waals surface area contributed by atoms with Gasteiger partial charge >= 0.3 is 0 Å². The molecule has 8 nitrogen and oxygen atoms in total. The molecule has 0 aliphatic carbocycles. The Hall–Kier alpha value is -1.74. The standard InChI is InChI=1S/C13H17ClN6O2.ClH/c1-22-7-6-15-4-5-16-13(21)11-3-2-10(8-12(11)14)20-9-17-18-19-20;/h2-3,8-9,15H,4-7H2,1H3,(H,16,21);1H. The van der Waals surface area contributed by atoms with Crippen molar-refractivity contribution < 1.29 is 9.53 Å². The van der Waals surface area contributed by atoms with Crippen LogP contribution < -0.4 is 10.6 Å². The van der Waals surface area contributed by atoms with E-state index >= 15 is 0 Å². The highest BCUT2D eigenvalue weighted by Crippen LogP contribution is 2.19. The van der Waals surface area contributed by atoms with E-state index in [1.807, 2.05) is 0 Å². The first-order chi connectivity index (χ1) is 10.7. The Labute approximate surface area is 144 Å². The number of nitrogens with one attached hydrogen (secondary N) is 2. The normalized spacial score (nSPS) is 10.2. The molecule has 1 heterocycles. The van der Waals surface area contributed by atoms with E-state index in [-0.39, 0.29) is 18.3 Å². The molecule has 0 aliphatic heterocycles. The van der Waals surface area contributed by atoms with Gasteiger partial charge in [0, 0.05) is 26.7 Å². The molecule has 2 aromatic rings. The van der Waals surface area contributed by atoms with E-state index in [2.05, 4.69) is 26.2 Å². The summed E-state index contributed by atoms with van der Waals surface area (Å²) in [5.74, 6) is -0.221. The Bertz CT molecular complexity index is 609. The van der Waals surface area contributed by atoms with E-state index in [1.165, 1.54) is 11.0 Å². The van der Waals surface area contributed by atoms with Gasteiger partial charge in [0.05, 0.1) is 22.9 Å². The Morgan fingerprint density at radius 3 is 2.83 bits per heavy atom. The number of aromatic nitrogens is 4. The number of carbonyl (C=O) groups is 1. The van der Waals surface area contributed by atoms with Gasteiger partial charge in [-0.1, -0.05) is 11.6 Å². The minimum Gasteiger partial charge on any atom is -0.383 e. The smallest absolute Gasteiger partial charge is 0.252 e. The molecule has 1 aromatic carbocycles. The largest absolute Gasteiger partial charge is 0.383 e. The van der Waals surface area contributed by atoms with Crippen molar-refractivity contribution in [1.82, 2.24) is 30.8 Å². The molecule has 0 bridgehead atoms. The second kappa shape index (κ2) is 10.1. The second-order valence-corrected chi connectivity index (χ2v) is 4.82. The molecule has 0 saturated carbocycles. The van der Waals surface area contributed by atoms with Gasteiger partial charge < -0.3 is 15.4 Å². The molecule has 0 unspecified atom stereocenters. The fraction of sp³-hybridized carbons (Fsp3) is 0.385. The van der Waals surface area contributed by atoms with Gasteiger partial charge in [-0.15, -0.1) is 17.5 Å². The molecule has 0 saturated heterocycles. The maximum Gasteiger partial charge on any atom is 0.252 e. The summed E-state index contributed by atoms with van der Waals surface area (Å²) in [5, 5.41) is 17.1. The lowest BCUT2D eigenvalue weighted by Gasteiger charge is -2.09. The fourth-order valence-electron chi connectivity index (χ4n) is 1.77. The van der Waals surface area contributed by atoms with Crippen LogP contribution in [0.2, 0.25) is 5.02 Å². The zero-order chi connectivity index (χ0) is 15.8. The predicted octanol–water partition coefficient (Wildman–Crippen LogP) is 0.703. The minimum absolute atomic E-state index is 0. The molecule has 0 atom stereocenters.